The first-order valence-corrected chi connectivity index (χ1v) is 9.40. The number of aryl methyl sites for hydroxylation is 1. The van der Waals surface area contributed by atoms with Crippen LogP contribution in [0, 0.1) is 12.3 Å². The molecule has 0 spiro atoms. The van der Waals surface area contributed by atoms with Crippen LogP contribution in [0.5, 0.6) is 0 Å². The monoisotopic (exact) mass is 369 g/mol. The van der Waals surface area contributed by atoms with E-state index in [0.717, 1.165) is 35.5 Å². The molecular formula is C25H23NO2. The third-order valence-corrected chi connectivity index (χ3v) is 4.61. The largest absolute Gasteiger partial charge is 0.481 e. The van der Waals surface area contributed by atoms with Gasteiger partial charge in [-0.3, -0.25) is 4.79 Å². The summed E-state index contributed by atoms with van der Waals surface area (Å²) in [6.07, 6.45) is 8.18. The van der Waals surface area contributed by atoms with Gasteiger partial charge in [-0.1, -0.05) is 36.3 Å². The first-order chi connectivity index (χ1) is 13.7. The first kappa shape index (κ1) is 19.3. The lowest BCUT2D eigenvalue weighted by Crippen LogP contribution is -2.09. The van der Waals surface area contributed by atoms with E-state index in [2.05, 4.69) is 47.2 Å². The lowest BCUT2D eigenvalue weighted by molar-refractivity contribution is -0.137. The fourth-order valence-electron chi connectivity index (χ4n) is 3.15. The van der Waals surface area contributed by atoms with Gasteiger partial charge < -0.3 is 10.0 Å². The number of carboxylic acid groups (broad SMARTS) is 1. The van der Waals surface area contributed by atoms with Crippen molar-refractivity contribution in [3.8, 4) is 12.3 Å². The van der Waals surface area contributed by atoms with Gasteiger partial charge in [-0.15, -0.1) is 6.42 Å². The summed E-state index contributed by atoms with van der Waals surface area (Å²) in [6.45, 7) is 0. The number of rotatable bonds is 8. The Labute approximate surface area is 166 Å². The Kier molecular flexibility index (Phi) is 6.49. The third kappa shape index (κ3) is 5.02. The molecule has 3 aromatic carbocycles. The number of benzene rings is 3. The molecule has 0 aliphatic carbocycles. The molecule has 0 aromatic heterocycles. The molecule has 0 amide bonds. The topological polar surface area (TPSA) is 40.5 Å². The molecule has 1 N–H and O–H groups in total. The van der Waals surface area contributed by atoms with Crippen LogP contribution < -0.4 is 4.90 Å². The minimum absolute atomic E-state index is 0.230. The van der Waals surface area contributed by atoms with Gasteiger partial charge in [0, 0.05) is 29.0 Å². The average molecular weight is 369 g/mol. The van der Waals surface area contributed by atoms with E-state index in [4.69, 9.17) is 11.5 Å². The van der Waals surface area contributed by atoms with Crippen LogP contribution >= 0.6 is 0 Å². The highest BCUT2D eigenvalue weighted by Gasteiger charge is 2.12. The van der Waals surface area contributed by atoms with E-state index in [1.165, 1.54) is 5.56 Å². The first-order valence-electron chi connectivity index (χ1n) is 9.40. The van der Waals surface area contributed by atoms with Crippen LogP contribution in [-0.2, 0) is 11.2 Å². The van der Waals surface area contributed by atoms with Gasteiger partial charge in [0.1, 0.15) is 0 Å². The Morgan fingerprint density at radius 3 is 1.96 bits per heavy atom. The number of nitrogens with zero attached hydrogens (tertiary/aromatic N) is 1. The van der Waals surface area contributed by atoms with E-state index < -0.39 is 5.97 Å². The number of carbonyl (C=O) groups is 1. The summed E-state index contributed by atoms with van der Waals surface area (Å²) in [4.78, 5) is 12.8. The van der Waals surface area contributed by atoms with Crippen LogP contribution in [0.3, 0.4) is 0 Å². The fourth-order valence-corrected chi connectivity index (χ4v) is 3.15. The molecule has 0 bridgehead atoms. The van der Waals surface area contributed by atoms with E-state index >= 15 is 0 Å². The highest BCUT2D eigenvalue weighted by Crippen LogP contribution is 2.34. The number of hydrogen-bond acceptors (Lipinski definition) is 2. The Balaban J connectivity index is 1.82. The SMILES string of the molecule is C#Cc1ccc(N(c2ccccc2)c2ccc(CCCCC(=O)O)cc2)cc1. The van der Waals surface area contributed by atoms with Crippen molar-refractivity contribution in [2.75, 3.05) is 4.90 Å². The number of hydrogen-bond donors (Lipinski definition) is 1. The van der Waals surface area contributed by atoms with E-state index in [-0.39, 0.29) is 6.42 Å². The number of carboxylic acids is 1. The third-order valence-electron chi connectivity index (χ3n) is 4.61. The summed E-state index contributed by atoms with van der Waals surface area (Å²) >= 11 is 0. The molecule has 0 atom stereocenters. The number of unbranched alkanes of at least 4 members (excludes halogenated alkanes) is 1. The Morgan fingerprint density at radius 1 is 0.821 bits per heavy atom. The van der Waals surface area contributed by atoms with E-state index in [0.29, 0.717) is 6.42 Å². The summed E-state index contributed by atoms with van der Waals surface area (Å²) in [7, 11) is 0. The van der Waals surface area contributed by atoms with Gasteiger partial charge in [0.05, 0.1) is 0 Å². The molecule has 0 aliphatic heterocycles. The van der Waals surface area contributed by atoms with Crippen molar-refractivity contribution in [2.24, 2.45) is 0 Å². The van der Waals surface area contributed by atoms with Gasteiger partial charge in [-0.05, 0) is 73.4 Å². The predicted molar refractivity (Wildman–Crippen MR) is 114 cm³/mol. The van der Waals surface area contributed by atoms with Crippen LogP contribution in [0.2, 0.25) is 0 Å². The minimum Gasteiger partial charge on any atom is -0.481 e. The smallest absolute Gasteiger partial charge is 0.303 e. The molecule has 3 rings (SSSR count). The molecule has 3 nitrogen and oxygen atoms in total. The number of aliphatic carboxylic acids is 1. The van der Waals surface area contributed by atoms with Gasteiger partial charge in [0.25, 0.3) is 0 Å². The molecule has 0 radical (unpaired) electrons. The second-order valence-corrected chi connectivity index (χ2v) is 6.63. The maximum atomic E-state index is 10.6. The van der Waals surface area contributed by atoms with E-state index in [9.17, 15) is 4.79 Å². The van der Waals surface area contributed by atoms with Crippen LogP contribution in [0.15, 0.2) is 78.9 Å². The maximum Gasteiger partial charge on any atom is 0.303 e. The number of para-hydroxylation sites is 1. The normalized spacial score (nSPS) is 10.2. The van der Waals surface area contributed by atoms with Crippen LogP contribution in [0.25, 0.3) is 0 Å². The molecule has 0 saturated heterocycles. The zero-order chi connectivity index (χ0) is 19.8. The molecule has 0 saturated carbocycles. The van der Waals surface area contributed by atoms with Crippen LogP contribution in [0.1, 0.15) is 30.4 Å². The predicted octanol–water partition coefficient (Wildman–Crippen LogP) is 5.94. The van der Waals surface area contributed by atoms with Crippen molar-refractivity contribution in [3.63, 3.8) is 0 Å². The molecule has 3 heteroatoms. The number of anilines is 3. The van der Waals surface area contributed by atoms with E-state index in [1.54, 1.807) is 0 Å². The maximum absolute atomic E-state index is 10.6. The number of terminal acetylenes is 1. The van der Waals surface area contributed by atoms with Gasteiger partial charge >= 0.3 is 5.97 Å². The lowest BCUT2D eigenvalue weighted by atomic mass is 10.1. The second-order valence-electron chi connectivity index (χ2n) is 6.63. The Bertz CT molecular complexity index is 939. The standard InChI is InChI=1S/C25H23NO2/c1-2-20-12-16-23(17-13-20)26(22-9-4-3-5-10-22)24-18-14-21(15-19-24)8-6-7-11-25(27)28/h1,3-5,9-10,12-19H,6-8,11H2,(H,27,28). The van der Waals surface area contributed by atoms with Crippen molar-refractivity contribution in [1.29, 1.82) is 0 Å². The van der Waals surface area contributed by atoms with Crippen molar-refractivity contribution >= 4 is 23.0 Å². The van der Waals surface area contributed by atoms with Crippen molar-refractivity contribution in [2.45, 2.75) is 25.7 Å². The van der Waals surface area contributed by atoms with Gasteiger partial charge in [0.2, 0.25) is 0 Å². The summed E-state index contributed by atoms with van der Waals surface area (Å²) in [6, 6.07) is 26.6. The summed E-state index contributed by atoms with van der Waals surface area (Å²) in [5, 5.41) is 8.74. The highest BCUT2D eigenvalue weighted by atomic mass is 16.4. The molecule has 3 aromatic rings. The summed E-state index contributed by atoms with van der Waals surface area (Å²) in [5.74, 6) is 1.92. The van der Waals surface area contributed by atoms with Gasteiger partial charge in [-0.2, -0.15) is 0 Å². The lowest BCUT2D eigenvalue weighted by Gasteiger charge is -2.25. The summed E-state index contributed by atoms with van der Waals surface area (Å²) in [5.41, 5.74) is 5.25. The van der Waals surface area contributed by atoms with Crippen LogP contribution in [-0.4, -0.2) is 11.1 Å². The molecule has 0 heterocycles. The zero-order valence-corrected chi connectivity index (χ0v) is 15.7. The molecule has 140 valence electrons. The van der Waals surface area contributed by atoms with Crippen molar-refractivity contribution < 1.29 is 9.90 Å². The van der Waals surface area contributed by atoms with E-state index in [1.807, 2.05) is 42.5 Å². The fraction of sp³-hybridized carbons (Fsp3) is 0.160. The molecule has 0 aliphatic rings. The molecular weight excluding hydrogens is 346 g/mol. The van der Waals surface area contributed by atoms with Crippen LogP contribution in [0.4, 0.5) is 17.1 Å². The zero-order valence-electron chi connectivity index (χ0n) is 15.7. The molecule has 0 fully saturated rings. The average Bonchev–Trinajstić information content (AvgIpc) is 2.74. The quantitative estimate of drug-likeness (QED) is 0.395. The summed E-state index contributed by atoms with van der Waals surface area (Å²) < 4.78 is 0. The van der Waals surface area contributed by atoms with Crippen molar-refractivity contribution in [1.82, 2.24) is 0 Å². The molecule has 28 heavy (non-hydrogen) atoms. The second kappa shape index (κ2) is 9.43. The highest BCUT2D eigenvalue weighted by molar-refractivity contribution is 5.76. The van der Waals surface area contributed by atoms with Crippen molar-refractivity contribution in [3.05, 3.63) is 90.0 Å². The molecule has 0 unspecified atom stereocenters. The van der Waals surface area contributed by atoms with Gasteiger partial charge in [0.15, 0.2) is 0 Å². The Hall–Kier alpha value is -3.51. The minimum atomic E-state index is -0.732. The van der Waals surface area contributed by atoms with Gasteiger partial charge in [-0.25, -0.2) is 0 Å². The Morgan fingerprint density at radius 2 is 1.39 bits per heavy atom.